The maximum Gasteiger partial charge on any atom is 0.227 e. The van der Waals surface area contributed by atoms with Crippen molar-refractivity contribution in [3.05, 3.63) is 0 Å². The Balaban J connectivity index is 2.31. The molecular weight excluding hydrogens is 224 g/mol. The third-order valence-corrected chi connectivity index (χ3v) is 3.88. The largest absolute Gasteiger partial charge is 0.342 e. The molecule has 1 fully saturated rings. The van der Waals surface area contributed by atoms with Gasteiger partial charge in [-0.3, -0.25) is 4.79 Å². The third kappa shape index (κ3) is 4.60. The molecule has 0 bridgehead atoms. The van der Waals surface area contributed by atoms with Crippen molar-refractivity contribution in [1.82, 2.24) is 10.2 Å². The summed E-state index contributed by atoms with van der Waals surface area (Å²) in [5, 5.41) is 3.63. The van der Waals surface area contributed by atoms with Crippen LogP contribution < -0.4 is 5.32 Å². The van der Waals surface area contributed by atoms with Crippen molar-refractivity contribution in [2.45, 2.75) is 59.9 Å². The molecule has 1 N–H and O–H groups in total. The van der Waals surface area contributed by atoms with Gasteiger partial charge in [-0.25, -0.2) is 0 Å². The molecule has 1 rings (SSSR count). The van der Waals surface area contributed by atoms with Crippen LogP contribution in [-0.2, 0) is 4.79 Å². The molecule has 0 aromatic rings. The highest BCUT2D eigenvalue weighted by atomic mass is 16.2. The topological polar surface area (TPSA) is 32.3 Å². The van der Waals surface area contributed by atoms with Gasteiger partial charge in [-0.1, -0.05) is 41.0 Å². The molecule has 0 radical (unpaired) electrons. The minimum absolute atomic E-state index is 0.239. The summed E-state index contributed by atoms with van der Waals surface area (Å²) in [5.74, 6) is 1.04. The fraction of sp³-hybridized carbons (Fsp3) is 0.933. The lowest BCUT2D eigenvalue weighted by Crippen LogP contribution is -2.48. The molecule has 0 aliphatic carbocycles. The zero-order valence-corrected chi connectivity index (χ0v) is 12.8. The summed E-state index contributed by atoms with van der Waals surface area (Å²) in [6, 6.07) is 0.600. The van der Waals surface area contributed by atoms with Crippen molar-refractivity contribution in [3.63, 3.8) is 0 Å². The normalized spacial score (nSPS) is 19.9. The number of carbonyl (C=O) groups is 1. The number of nitrogens with one attached hydrogen (secondary N) is 1. The highest BCUT2D eigenvalue weighted by molar-refractivity contribution is 5.81. The van der Waals surface area contributed by atoms with Gasteiger partial charge in [-0.15, -0.1) is 0 Å². The van der Waals surface area contributed by atoms with Gasteiger partial charge in [0.05, 0.1) is 0 Å². The van der Waals surface area contributed by atoms with E-state index in [1.807, 2.05) is 25.7 Å². The quantitative estimate of drug-likeness (QED) is 0.836. The molecular formula is C15H30N2O. The Labute approximate surface area is 112 Å². The summed E-state index contributed by atoms with van der Waals surface area (Å²) in [7, 11) is 0. The van der Waals surface area contributed by atoms with Crippen LogP contribution in [0.25, 0.3) is 0 Å². The first kappa shape index (κ1) is 15.5. The van der Waals surface area contributed by atoms with Crippen LogP contribution in [0.1, 0.15) is 53.9 Å². The highest BCUT2D eigenvalue weighted by Gasteiger charge is 2.30. The number of piperidine rings is 1. The molecule has 0 spiro atoms. The first-order chi connectivity index (χ1) is 8.34. The van der Waals surface area contributed by atoms with Crippen molar-refractivity contribution < 1.29 is 4.79 Å². The number of hydrogen-bond donors (Lipinski definition) is 1. The van der Waals surface area contributed by atoms with E-state index in [9.17, 15) is 4.79 Å². The molecule has 3 nitrogen and oxygen atoms in total. The molecule has 106 valence electrons. The van der Waals surface area contributed by atoms with E-state index >= 15 is 0 Å². The second-order valence-electron chi connectivity index (χ2n) is 6.74. The summed E-state index contributed by atoms with van der Waals surface area (Å²) in [5.41, 5.74) is -0.239. The second-order valence-corrected chi connectivity index (χ2v) is 6.74. The molecule has 1 aliphatic heterocycles. The molecule has 1 aliphatic rings. The number of likely N-dealkylation sites (tertiary alicyclic amines) is 1. The number of hydrogen-bond acceptors (Lipinski definition) is 2. The van der Waals surface area contributed by atoms with Gasteiger partial charge in [0.2, 0.25) is 5.91 Å². The van der Waals surface area contributed by atoms with Crippen LogP contribution in [0.3, 0.4) is 0 Å². The Hall–Kier alpha value is -0.570. The van der Waals surface area contributed by atoms with Gasteiger partial charge in [-0.2, -0.15) is 0 Å². The van der Waals surface area contributed by atoms with Gasteiger partial charge in [-0.05, 0) is 25.3 Å². The minimum Gasteiger partial charge on any atom is -0.342 e. The van der Waals surface area contributed by atoms with E-state index in [1.54, 1.807) is 0 Å². The van der Waals surface area contributed by atoms with Gasteiger partial charge >= 0.3 is 0 Å². The van der Waals surface area contributed by atoms with Crippen molar-refractivity contribution in [2.75, 3.05) is 19.6 Å². The van der Waals surface area contributed by atoms with E-state index < -0.39 is 0 Å². The van der Waals surface area contributed by atoms with Crippen LogP contribution in [0.5, 0.6) is 0 Å². The Morgan fingerprint density at radius 1 is 1.33 bits per heavy atom. The molecule has 1 saturated heterocycles. The number of rotatable bonds is 4. The maximum atomic E-state index is 12.1. The summed E-state index contributed by atoms with van der Waals surface area (Å²) in [6.07, 6.45) is 3.42. The van der Waals surface area contributed by atoms with Crippen LogP contribution >= 0.6 is 0 Å². The van der Waals surface area contributed by atoms with E-state index in [4.69, 9.17) is 0 Å². The molecule has 1 heterocycles. The monoisotopic (exact) mass is 254 g/mol. The lowest BCUT2D eigenvalue weighted by Gasteiger charge is -2.36. The van der Waals surface area contributed by atoms with E-state index in [1.165, 1.54) is 6.42 Å². The average Bonchev–Trinajstić information content (AvgIpc) is 2.34. The Kier molecular flexibility index (Phi) is 5.64. The van der Waals surface area contributed by atoms with Gasteiger partial charge < -0.3 is 10.2 Å². The first-order valence-electron chi connectivity index (χ1n) is 7.37. The van der Waals surface area contributed by atoms with E-state index in [2.05, 4.69) is 19.2 Å². The molecule has 18 heavy (non-hydrogen) atoms. The SMILES string of the molecule is CCC(C)CNC1CCN(C(=O)C(C)(C)C)CC1. The van der Waals surface area contributed by atoms with Crippen molar-refractivity contribution >= 4 is 5.91 Å². The molecule has 3 heteroatoms. The summed E-state index contributed by atoms with van der Waals surface area (Å²) in [6.45, 7) is 13.5. The first-order valence-corrected chi connectivity index (χ1v) is 7.37. The van der Waals surface area contributed by atoms with Crippen LogP contribution in [0, 0.1) is 11.3 Å². The summed E-state index contributed by atoms with van der Waals surface area (Å²) < 4.78 is 0. The van der Waals surface area contributed by atoms with Crippen LogP contribution in [-0.4, -0.2) is 36.5 Å². The summed E-state index contributed by atoms with van der Waals surface area (Å²) in [4.78, 5) is 14.2. The fourth-order valence-electron chi connectivity index (χ4n) is 2.27. The van der Waals surface area contributed by atoms with Crippen LogP contribution in [0.2, 0.25) is 0 Å². The highest BCUT2D eigenvalue weighted by Crippen LogP contribution is 2.21. The van der Waals surface area contributed by atoms with Crippen LogP contribution in [0.15, 0.2) is 0 Å². The predicted molar refractivity (Wildman–Crippen MR) is 76.5 cm³/mol. The van der Waals surface area contributed by atoms with Crippen molar-refractivity contribution in [2.24, 2.45) is 11.3 Å². The summed E-state index contributed by atoms with van der Waals surface area (Å²) >= 11 is 0. The number of nitrogens with zero attached hydrogens (tertiary/aromatic N) is 1. The zero-order valence-electron chi connectivity index (χ0n) is 12.8. The fourth-order valence-corrected chi connectivity index (χ4v) is 2.27. The van der Waals surface area contributed by atoms with E-state index in [-0.39, 0.29) is 5.41 Å². The minimum atomic E-state index is -0.239. The van der Waals surface area contributed by atoms with Crippen molar-refractivity contribution in [1.29, 1.82) is 0 Å². The van der Waals surface area contributed by atoms with Gasteiger partial charge in [0.25, 0.3) is 0 Å². The zero-order chi connectivity index (χ0) is 13.8. The smallest absolute Gasteiger partial charge is 0.227 e. The molecule has 1 atom stereocenters. The Morgan fingerprint density at radius 3 is 2.33 bits per heavy atom. The van der Waals surface area contributed by atoms with Gasteiger partial charge in [0.15, 0.2) is 0 Å². The van der Waals surface area contributed by atoms with E-state index in [0.29, 0.717) is 11.9 Å². The number of amides is 1. The lowest BCUT2D eigenvalue weighted by molar-refractivity contribution is -0.140. The Bertz CT molecular complexity index is 262. The lowest BCUT2D eigenvalue weighted by atomic mass is 9.93. The average molecular weight is 254 g/mol. The molecule has 0 aromatic carbocycles. The Morgan fingerprint density at radius 2 is 1.89 bits per heavy atom. The predicted octanol–water partition coefficient (Wildman–Crippen LogP) is 2.66. The van der Waals surface area contributed by atoms with Gasteiger partial charge in [0, 0.05) is 24.5 Å². The molecule has 1 amide bonds. The molecule has 0 saturated carbocycles. The number of carbonyl (C=O) groups excluding carboxylic acids is 1. The van der Waals surface area contributed by atoms with Crippen molar-refractivity contribution in [3.8, 4) is 0 Å². The molecule has 0 aromatic heterocycles. The third-order valence-electron chi connectivity index (χ3n) is 3.88. The van der Waals surface area contributed by atoms with Crippen LogP contribution in [0.4, 0.5) is 0 Å². The maximum absolute atomic E-state index is 12.1. The van der Waals surface area contributed by atoms with Gasteiger partial charge in [0.1, 0.15) is 0 Å². The second kappa shape index (κ2) is 6.55. The standard InChI is InChI=1S/C15H30N2O/c1-6-12(2)11-16-13-7-9-17(10-8-13)14(18)15(3,4)5/h12-13,16H,6-11H2,1-5H3. The van der Waals surface area contributed by atoms with E-state index in [0.717, 1.165) is 38.4 Å². The molecule has 1 unspecified atom stereocenters.